The fourth-order valence-electron chi connectivity index (χ4n) is 1.84. The highest BCUT2D eigenvalue weighted by atomic mass is 32.1. The van der Waals surface area contributed by atoms with E-state index in [9.17, 15) is 0 Å². The van der Waals surface area contributed by atoms with Gasteiger partial charge in [0.2, 0.25) is 0 Å². The van der Waals surface area contributed by atoms with Crippen molar-refractivity contribution in [2.75, 3.05) is 6.54 Å². The van der Waals surface area contributed by atoms with Crippen LogP contribution in [0.3, 0.4) is 0 Å². The van der Waals surface area contributed by atoms with E-state index < -0.39 is 0 Å². The Morgan fingerprint density at radius 1 is 1.62 bits per heavy atom. The van der Waals surface area contributed by atoms with Crippen LogP contribution < -0.4 is 5.73 Å². The van der Waals surface area contributed by atoms with Crippen molar-refractivity contribution in [1.29, 1.82) is 0 Å². The predicted octanol–water partition coefficient (Wildman–Crippen LogP) is 1.93. The van der Waals surface area contributed by atoms with Crippen LogP contribution in [0.5, 0.6) is 0 Å². The van der Waals surface area contributed by atoms with Gasteiger partial charge in [-0.1, -0.05) is 19.1 Å². The Labute approximate surface area is 86.5 Å². The van der Waals surface area contributed by atoms with Crippen LogP contribution in [0.4, 0.5) is 0 Å². The van der Waals surface area contributed by atoms with E-state index in [1.165, 1.54) is 25.8 Å². The Hall–Kier alpha value is -0.150. The Morgan fingerprint density at radius 3 is 2.62 bits per heavy atom. The minimum absolute atomic E-state index is 0.532. The van der Waals surface area contributed by atoms with E-state index in [0.29, 0.717) is 11.0 Å². The van der Waals surface area contributed by atoms with Gasteiger partial charge in [0.15, 0.2) is 0 Å². The van der Waals surface area contributed by atoms with Crippen LogP contribution in [0, 0.1) is 0 Å². The number of hydrogen-bond donors (Lipinski definition) is 1. The lowest BCUT2D eigenvalue weighted by atomic mass is 10.2. The van der Waals surface area contributed by atoms with Gasteiger partial charge in [0.05, 0.1) is 4.99 Å². The van der Waals surface area contributed by atoms with E-state index in [4.69, 9.17) is 18.0 Å². The van der Waals surface area contributed by atoms with Gasteiger partial charge in [0.25, 0.3) is 0 Å². The zero-order valence-corrected chi connectivity index (χ0v) is 9.44. The molecule has 0 bridgehead atoms. The van der Waals surface area contributed by atoms with Gasteiger partial charge < -0.3 is 5.73 Å². The van der Waals surface area contributed by atoms with Crippen LogP contribution >= 0.6 is 12.2 Å². The van der Waals surface area contributed by atoms with E-state index in [1.54, 1.807) is 0 Å². The lowest BCUT2D eigenvalue weighted by Gasteiger charge is -2.28. The topological polar surface area (TPSA) is 29.3 Å². The lowest BCUT2D eigenvalue weighted by molar-refractivity contribution is 0.203. The fraction of sp³-hybridized carbons (Fsp3) is 0.900. The molecular weight excluding hydrogens is 180 g/mol. The molecule has 0 spiro atoms. The van der Waals surface area contributed by atoms with Crippen molar-refractivity contribution < 1.29 is 0 Å². The first kappa shape index (κ1) is 10.9. The Balaban J connectivity index is 2.37. The van der Waals surface area contributed by atoms with Crippen molar-refractivity contribution in [3.63, 3.8) is 0 Å². The van der Waals surface area contributed by atoms with Gasteiger partial charge in [0.1, 0.15) is 0 Å². The van der Waals surface area contributed by atoms with Gasteiger partial charge in [0, 0.05) is 18.5 Å². The molecule has 0 aromatic rings. The second-order valence-electron chi connectivity index (χ2n) is 3.99. The lowest BCUT2D eigenvalue weighted by Crippen LogP contribution is -2.38. The molecule has 0 aliphatic heterocycles. The maximum atomic E-state index is 5.55. The molecule has 2 N–H and O–H groups in total. The van der Waals surface area contributed by atoms with Gasteiger partial charge in [-0.05, 0) is 32.7 Å². The van der Waals surface area contributed by atoms with Gasteiger partial charge in [-0.2, -0.15) is 0 Å². The average Bonchev–Trinajstić information content (AvgIpc) is 2.81. The fourth-order valence-corrected chi connectivity index (χ4v) is 2.08. The van der Waals surface area contributed by atoms with E-state index >= 15 is 0 Å². The Morgan fingerprint density at radius 2 is 2.23 bits per heavy atom. The van der Waals surface area contributed by atoms with Crippen molar-refractivity contribution >= 4 is 17.2 Å². The number of hydrogen-bond acceptors (Lipinski definition) is 2. The molecule has 1 saturated carbocycles. The van der Waals surface area contributed by atoms with Gasteiger partial charge >= 0.3 is 0 Å². The maximum absolute atomic E-state index is 5.55. The molecule has 0 heterocycles. The molecule has 1 aliphatic carbocycles. The molecular formula is C10H20N2S. The van der Waals surface area contributed by atoms with Crippen LogP contribution in [-0.2, 0) is 0 Å². The summed E-state index contributed by atoms with van der Waals surface area (Å²) in [7, 11) is 0. The van der Waals surface area contributed by atoms with Crippen LogP contribution in [-0.4, -0.2) is 28.5 Å². The summed E-state index contributed by atoms with van der Waals surface area (Å²) in [4.78, 5) is 3.20. The summed E-state index contributed by atoms with van der Waals surface area (Å²) in [6.45, 7) is 5.64. The smallest absolute Gasteiger partial charge is 0.0742 e. The molecule has 76 valence electrons. The molecule has 0 aromatic heterocycles. The highest BCUT2D eigenvalue weighted by Gasteiger charge is 2.31. The summed E-state index contributed by atoms with van der Waals surface area (Å²) in [6.07, 6.45) is 4.81. The van der Waals surface area contributed by atoms with Crippen molar-refractivity contribution in [2.24, 2.45) is 5.73 Å². The zero-order valence-electron chi connectivity index (χ0n) is 8.62. The zero-order chi connectivity index (χ0) is 9.84. The van der Waals surface area contributed by atoms with Crippen LogP contribution in [0.15, 0.2) is 0 Å². The third kappa shape index (κ3) is 3.61. The quantitative estimate of drug-likeness (QED) is 0.664. The second-order valence-corrected chi connectivity index (χ2v) is 4.51. The van der Waals surface area contributed by atoms with E-state index in [-0.39, 0.29) is 0 Å². The molecule has 1 unspecified atom stereocenters. The average molecular weight is 200 g/mol. The van der Waals surface area contributed by atoms with Crippen molar-refractivity contribution in [3.05, 3.63) is 0 Å². The summed E-state index contributed by atoms with van der Waals surface area (Å²) >= 11 is 4.93. The van der Waals surface area contributed by atoms with Crippen LogP contribution in [0.25, 0.3) is 0 Å². The van der Waals surface area contributed by atoms with Crippen LogP contribution in [0.1, 0.15) is 39.5 Å². The molecule has 0 saturated heterocycles. The van der Waals surface area contributed by atoms with E-state index in [1.807, 2.05) is 0 Å². The first-order valence-corrected chi connectivity index (χ1v) is 5.60. The summed E-state index contributed by atoms with van der Waals surface area (Å²) in [6, 6.07) is 1.36. The van der Waals surface area contributed by atoms with E-state index in [2.05, 4.69) is 18.7 Å². The predicted molar refractivity (Wildman–Crippen MR) is 60.9 cm³/mol. The van der Waals surface area contributed by atoms with Crippen molar-refractivity contribution in [1.82, 2.24) is 4.90 Å². The molecule has 0 aromatic carbocycles. The first-order valence-electron chi connectivity index (χ1n) is 5.19. The van der Waals surface area contributed by atoms with Gasteiger partial charge in [-0.3, -0.25) is 4.90 Å². The summed E-state index contributed by atoms with van der Waals surface area (Å²) in [5.74, 6) is 0. The summed E-state index contributed by atoms with van der Waals surface area (Å²) in [5.41, 5.74) is 5.55. The summed E-state index contributed by atoms with van der Waals surface area (Å²) < 4.78 is 0. The molecule has 0 radical (unpaired) electrons. The number of thiocarbonyl (C=S) groups is 1. The molecule has 0 amide bonds. The van der Waals surface area contributed by atoms with Crippen molar-refractivity contribution in [3.8, 4) is 0 Å². The number of rotatable bonds is 6. The second kappa shape index (κ2) is 4.91. The van der Waals surface area contributed by atoms with Gasteiger partial charge in [-0.25, -0.2) is 0 Å². The first-order chi connectivity index (χ1) is 6.15. The number of nitrogens with two attached hydrogens (primary N) is 1. The normalized spacial score (nSPS) is 19.0. The standard InChI is InChI=1S/C10H20N2S/c1-3-6-12(9-4-5-9)8(2)7-10(11)13/h8-9H,3-7H2,1-2H3,(H2,11,13). The molecule has 3 heteroatoms. The minimum atomic E-state index is 0.532. The molecule has 1 rings (SSSR count). The summed E-state index contributed by atoms with van der Waals surface area (Å²) in [5, 5.41) is 0. The SMILES string of the molecule is CCCN(C(C)CC(N)=S)C1CC1. The molecule has 13 heavy (non-hydrogen) atoms. The van der Waals surface area contributed by atoms with Gasteiger partial charge in [-0.15, -0.1) is 0 Å². The third-order valence-corrected chi connectivity index (χ3v) is 2.73. The maximum Gasteiger partial charge on any atom is 0.0742 e. The number of nitrogens with zero attached hydrogens (tertiary/aromatic N) is 1. The molecule has 1 aliphatic rings. The highest BCUT2D eigenvalue weighted by Crippen LogP contribution is 2.29. The third-order valence-electron chi connectivity index (χ3n) is 2.56. The Kier molecular flexibility index (Phi) is 4.13. The largest absolute Gasteiger partial charge is 0.393 e. The molecule has 2 nitrogen and oxygen atoms in total. The Bertz CT molecular complexity index is 178. The molecule has 1 atom stereocenters. The van der Waals surface area contributed by atoms with Crippen LogP contribution in [0.2, 0.25) is 0 Å². The van der Waals surface area contributed by atoms with E-state index in [0.717, 1.165) is 12.5 Å². The highest BCUT2D eigenvalue weighted by molar-refractivity contribution is 7.80. The minimum Gasteiger partial charge on any atom is -0.393 e. The van der Waals surface area contributed by atoms with Crippen molar-refractivity contribution in [2.45, 2.75) is 51.6 Å². The monoisotopic (exact) mass is 200 g/mol. The molecule has 1 fully saturated rings.